The van der Waals surface area contributed by atoms with Crippen LogP contribution in [-0.2, 0) is 16.6 Å². The summed E-state index contributed by atoms with van der Waals surface area (Å²) in [7, 11) is 0.556. The molecule has 3 rings (SSSR count). The van der Waals surface area contributed by atoms with Gasteiger partial charge in [-0.2, -0.15) is 4.31 Å². The summed E-state index contributed by atoms with van der Waals surface area (Å²) in [5.74, 6) is 1.36. The highest BCUT2D eigenvalue weighted by Crippen LogP contribution is 2.33. The number of ether oxygens (including phenoxy) is 2. The third kappa shape index (κ3) is 4.80. The Morgan fingerprint density at radius 3 is 2.44 bits per heavy atom. The number of fused-ring (bicyclic) bond motifs is 1. The van der Waals surface area contributed by atoms with Crippen molar-refractivity contribution in [1.29, 1.82) is 0 Å². The third-order valence-corrected chi connectivity index (χ3v) is 6.40. The van der Waals surface area contributed by atoms with Crippen LogP contribution in [-0.4, -0.2) is 46.7 Å². The quantitative estimate of drug-likeness (QED) is 0.740. The second kappa shape index (κ2) is 8.29. The molecule has 2 aromatic carbocycles. The zero-order valence-electron chi connectivity index (χ0n) is 16.1. The molecule has 1 aliphatic rings. The Bertz CT molecular complexity index is 879. The molecule has 0 radical (unpaired) electrons. The first-order chi connectivity index (χ1) is 12.9. The summed E-state index contributed by atoms with van der Waals surface area (Å²) in [5, 5.41) is 0. The number of benzene rings is 2. The smallest absolute Gasteiger partial charge is 0.243 e. The molecular formula is C20H27N2O4S+. The zero-order chi connectivity index (χ0) is 19.4. The molecule has 0 bridgehead atoms. The van der Waals surface area contributed by atoms with Crippen LogP contribution >= 0.6 is 0 Å². The molecule has 1 aliphatic heterocycles. The Morgan fingerprint density at radius 2 is 1.74 bits per heavy atom. The number of hydrogen-bond acceptors (Lipinski definition) is 4. The van der Waals surface area contributed by atoms with Crippen molar-refractivity contribution in [3.8, 4) is 11.5 Å². The normalized spacial score (nSPS) is 13.5. The fourth-order valence-corrected chi connectivity index (χ4v) is 4.46. The van der Waals surface area contributed by atoms with Gasteiger partial charge in [-0.3, -0.25) is 0 Å². The number of rotatable bonds is 8. The van der Waals surface area contributed by atoms with Crippen molar-refractivity contribution in [2.45, 2.75) is 24.8 Å². The van der Waals surface area contributed by atoms with Crippen molar-refractivity contribution < 1.29 is 22.8 Å². The lowest BCUT2D eigenvalue weighted by Crippen LogP contribution is -3.05. The van der Waals surface area contributed by atoms with Gasteiger partial charge in [0, 0.05) is 19.5 Å². The monoisotopic (exact) mass is 391 g/mol. The number of quaternary nitrogens is 1. The van der Waals surface area contributed by atoms with Gasteiger partial charge in [-0.15, -0.1) is 0 Å². The molecule has 1 heterocycles. The zero-order valence-corrected chi connectivity index (χ0v) is 16.9. The Labute approximate surface area is 161 Å². The van der Waals surface area contributed by atoms with Crippen LogP contribution in [0, 0.1) is 6.92 Å². The van der Waals surface area contributed by atoms with Gasteiger partial charge in [0.05, 0.1) is 25.5 Å². The lowest BCUT2D eigenvalue weighted by atomic mass is 10.2. The average Bonchev–Trinajstić information content (AvgIpc) is 3.08. The van der Waals surface area contributed by atoms with Gasteiger partial charge in [-0.05, 0) is 36.8 Å². The van der Waals surface area contributed by atoms with Crippen molar-refractivity contribution in [3.63, 3.8) is 0 Å². The Balaban J connectivity index is 1.84. The number of nitrogens with one attached hydrogen (secondary N) is 1. The first kappa shape index (κ1) is 19.7. The van der Waals surface area contributed by atoms with E-state index >= 15 is 0 Å². The van der Waals surface area contributed by atoms with Gasteiger partial charge < -0.3 is 14.4 Å². The predicted molar refractivity (Wildman–Crippen MR) is 104 cm³/mol. The molecule has 0 saturated heterocycles. The maximum Gasteiger partial charge on any atom is 0.243 e. The summed E-state index contributed by atoms with van der Waals surface area (Å²) < 4.78 is 38.8. The molecule has 6 nitrogen and oxygen atoms in total. The van der Waals surface area contributed by atoms with Crippen LogP contribution in [0.25, 0.3) is 0 Å². The first-order valence-electron chi connectivity index (χ1n) is 9.10. The minimum Gasteiger partial charge on any atom is -0.454 e. The standard InChI is InChI=1S/C20H26N2O4S/c1-16-5-8-18(9-6-16)27(23,24)22(12-4-11-21(2)3)14-17-7-10-19-20(13-17)26-15-25-19/h5-10,13H,4,11-12,14-15H2,1-3H3/p+1. The lowest BCUT2D eigenvalue weighted by molar-refractivity contribution is -0.858. The van der Waals surface area contributed by atoms with Crippen LogP contribution in [0.5, 0.6) is 11.5 Å². The molecule has 0 saturated carbocycles. The second-order valence-corrected chi connectivity index (χ2v) is 9.09. The molecule has 0 unspecified atom stereocenters. The SMILES string of the molecule is Cc1ccc(S(=O)(=O)N(CCC[NH+](C)C)Cc2ccc3c(c2)OCO3)cc1. The van der Waals surface area contributed by atoms with Crippen LogP contribution < -0.4 is 14.4 Å². The molecular weight excluding hydrogens is 364 g/mol. The highest BCUT2D eigenvalue weighted by molar-refractivity contribution is 7.89. The predicted octanol–water partition coefficient (Wildman–Crippen LogP) is 1.45. The Kier molecular flexibility index (Phi) is 6.04. The fraction of sp³-hybridized carbons (Fsp3) is 0.400. The van der Waals surface area contributed by atoms with Gasteiger partial charge in [0.2, 0.25) is 16.8 Å². The molecule has 7 heteroatoms. The molecule has 0 aromatic heterocycles. The molecule has 0 atom stereocenters. The number of sulfonamides is 1. The van der Waals surface area contributed by atoms with E-state index in [9.17, 15) is 8.42 Å². The van der Waals surface area contributed by atoms with E-state index in [1.807, 2.05) is 37.3 Å². The molecule has 0 fully saturated rings. The summed E-state index contributed by atoms with van der Waals surface area (Å²) in [4.78, 5) is 1.62. The van der Waals surface area contributed by atoms with Crippen LogP contribution in [0.4, 0.5) is 0 Å². The molecule has 1 N–H and O–H groups in total. The fourth-order valence-electron chi connectivity index (χ4n) is 3.00. The van der Waals surface area contributed by atoms with E-state index in [1.54, 1.807) is 16.4 Å². The van der Waals surface area contributed by atoms with E-state index in [4.69, 9.17) is 9.47 Å². The van der Waals surface area contributed by atoms with Crippen molar-refractivity contribution >= 4 is 10.0 Å². The largest absolute Gasteiger partial charge is 0.454 e. The Hall–Kier alpha value is -2.09. The highest BCUT2D eigenvalue weighted by Gasteiger charge is 2.25. The summed E-state index contributed by atoms with van der Waals surface area (Å²) in [6.45, 7) is 3.82. The average molecular weight is 392 g/mol. The minimum absolute atomic E-state index is 0.204. The van der Waals surface area contributed by atoms with Gasteiger partial charge in [0.25, 0.3) is 0 Å². The van der Waals surface area contributed by atoms with Crippen LogP contribution in [0.3, 0.4) is 0 Å². The van der Waals surface area contributed by atoms with Crippen molar-refractivity contribution in [1.82, 2.24) is 4.31 Å². The van der Waals surface area contributed by atoms with Crippen molar-refractivity contribution in [2.24, 2.45) is 0 Å². The first-order valence-corrected chi connectivity index (χ1v) is 10.5. The maximum absolute atomic E-state index is 13.2. The van der Waals surface area contributed by atoms with Crippen molar-refractivity contribution in [2.75, 3.05) is 34.0 Å². The van der Waals surface area contributed by atoms with E-state index in [1.165, 1.54) is 4.90 Å². The summed E-state index contributed by atoms with van der Waals surface area (Å²) in [6, 6.07) is 12.6. The molecule has 0 aliphatic carbocycles. The summed E-state index contributed by atoms with van der Waals surface area (Å²) in [5.41, 5.74) is 1.92. The highest BCUT2D eigenvalue weighted by atomic mass is 32.2. The van der Waals surface area contributed by atoms with E-state index in [2.05, 4.69) is 14.1 Å². The number of aryl methyl sites for hydroxylation is 1. The van der Waals surface area contributed by atoms with E-state index in [-0.39, 0.29) is 6.79 Å². The van der Waals surface area contributed by atoms with Crippen LogP contribution in [0.15, 0.2) is 47.4 Å². The van der Waals surface area contributed by atoms with Gasteiger partial charge in [-0.1, -0.05) is 23.8 Å². The second-order valence-electron chi connectivity index (χ2n) is 7.15. The molecule has 146 valence electrons. The van der Waals surface area contributed by atoms with Crippen LogP contribution in [0.2, 0.25) is 0 Å². The van der Waals surface area contributed by atoms with Gasteiger partial charge in [-0.25, -0.2) is 8.42 Å². The Morgan fingerprint density at radius 1 is 1.04 bits per heavy atom. The van der Waals surface area contributed by atoms with Crippen molar-refractivity contribution in [3.05, 3.63) is 53.6 Å². The number of nitrogens with zero attached hydrogens (tertiary/aromatic N) is 1. The molecule has 0 amide bonds. The maximum atomic E-state index is 13.2. The summed E-state index contributed by atoms with van der Waals surface area (Å²) >= 11 is 0. The molecule has 0 spiro atoms. The number of hydrogen-bond donors (Lipinski definition) is 1. The third-order valence-electron chi connectivity index (χ3n) is 4.54. The van der Waals surface area contributed by atoms with Crippen LogP contribution in [0.1, 0.15) is 17.5 Å². The molecule has 27 heavy (non-hydrogen) atoms. The van der Waals surface area contributed by atoms with E-state index < -0.39 is 10.0 Å². The van der Waals surface area contributed by atoms with Gasteiger partial charge >= 0.3 is 0 Å². The van der Waals surface area contributed by atoms with E-state index in [0.29, 0.717) is 29.5 Å². The minimum atomic E-state index is -3.58. The molecule has 2 aromatic rings. The lowest BCUT2D eigenvalue weighted by Gasteiger charge is -2.23. The summed E-state index contributed by atoms with van der Waals surface area (Å²) in [6.07, 6.45) is 0.790. The van der Waals surface area contributed by atoms with Gasteiger partial charge in [0.1, 0.15) is 0 Å². The van der Waals surface area contributed by atoms with E-state index in [0.717, 1.165) is 24.1 Å². The van der Waals surface area contributed by atoms with Gasteiger partial charge in [0.15, 0.2) is 11.5 Å². The topological polar surface area (TPSA) is 60.3 Å².